The van der Waals surface area contributed by atoms with Gasteiger partial charge in [0.2, 0.25) is 0 Å². The summed E-state index contributed by atoms with van der Waals surface area (Å²) >= 11 is 0. The molecule has 0 spiro atoms. The molecule has 0 heterocycles. The highest BCUT2D eigenvalue weighted by Gasteiger charge is 2.14. The molecule has 5 heteroatoms. The first-order valence-electron chi connectivity index (χ1n) is 8.33. The van der Waals surface area contributed by atoms with Crippen LogP contribution in [0.1, 0.15) is 17.2 Å². The molecule has 0 radical (unpaired) electrons. The van der Waals surface area contributed by atoms with E-state index in [2.05, 4.69) is 28.4 Å². The van der Waals surface area contributed by atoms with Crippen molar-refractivity contribution in [2.24, 2.45) is 0 Å². The highest BCUT2D eigenvalue weighted by atomic mass is 16.5. The summed E-state index contributed by atoms with van der Waals surface area (Å²) in [7, 11) is 4.09. The van der Waals surface area contributed by atoms with Gasteiger partial charge in [0.05, 0.1) is 11.6 Å². The number of benzene rings is 2. The molecule has 2 atom stereocenters. The zero-order valence-electron chi connectivity index (χ0n) is 14.7. The van der Waals surface area contributed by atoms with Gasteiger partial charge in [-0.2, -0.15) is 5.26 Å². The number of nitrogens with one attached hydrogen (secondary N) is 1. The third-order valence-electron chi connectivity index (χ3n) is 3.95. The fourth-order valence-corrected chi connectivity index (χ4v) is 2.54. The standard InChI is InChI=1S/C20H25N3O2/c1-23(2)20(17-6-4-3-5-7-17)14-22-13-18(24)15-25-19-10-8-16(12-21)9-11-19/h3-11,18,20,22,24H,13-15H2,1-2H3/t18-,20+/m0/s1. The second-order valence-corrected chi connectivity index (χ2v) is 6.15. The molecule has 2 aromatic carbocycles. The van der Waals surface area contributed by atoms with Crippen LogP contribution in [-0.2, 0) is 0 Å². The monoisotopic (exact) mass is 339 g/mol. The summed E-state index contributed by atoms with van der Waals surface area (Å²) in [6.45, 7) is 1.40. The van der Waals surface area contributed by atoms with Crippen molar-refractivity contribution in [1.82, 2.24) is 10.2 Å². The lowest BCUT2D eigenvalue weighted by Gasteiger charge is -2.25. The van der Waals surface area contributed by atoms with Crippen LogP contribution >= 0.6 is 0 Å². The van der Waals surface area contributed by atoms with Gasteiger partial charge in [0, 0.05) is 19.1 Å². The van der Waals surface area contributed by atoms with E-state index in [9.17, 15) is 5.11 Å². The van der Waals surface area contributed by atoms with E-state index in [0.717, 1.165) is 6.54 Å². The summed E-state index contributed by atoms with van der Waals surface area (Å²) in [6, 6.07) is 19.5. The molecular formula is C20H25N3O2. The zero-order chi connectivity index (χ0) is 18.1. The minimum absolute atomic E-state index is 0.205. The van der Waals surface area contributed by atoms with Crippen molar-refractivity contribution < 1.29 is 9.84 Å². The molecule has 0 aliphatic rings. The molecule has 0 amide bonds. The van der Waals surface area contributed by atoms with E-state index in [1.807, 2.05) is 32.3 Å². The summed E-state index contributed by atoms with van der Waals surface area (Å²) < 4.78 is 5.55. The molecular weight excluding hydrogens is 314 g/mol. The van der Waals surface area contributed by atoms with E-state index >= 15 is 0 Å². The molecule has 0 bridgehead atoms. The molecule has 2 aromatic rings. The maximum absolute atomic E-state index is 10.1. The van der Waals surface area contributed by atoms with Crippen LogP contribution in [0.2, 0.25) is 0 Å². The Morgan fingerprint density at radius 3 is 2.36 bits per heavy atom. The molecule has 2 N–H and O–H groups in total. The van der Waals surface area contributed by atoms with Gasteiger partial charge in [-0.05, 0) is 43.9 Å². The molecule has 0 aromatic heterocycles. The smallest absolute Gasteiger partial charge is 0.119 e. The molecule has 0 saturated heterocycles. The van der Waals surface area contributed by atoms with Gasteiger partial charge in [0.15, 0.2) is 0 Å². The van der Waals surface area contributed by atoms with Crippen molar-refractivity contribution >= 4 is 0 Å². The Balaban J connectivity index is 1.75. The Bertz CT molecular complexity index is 666. The van der Waals surface area contributed by atoms with E-state index in [1.165, 1.54) is 5.56 Å². The molecule has 2 rings (SSSR count). The third kappa shape index (κ3) is 6.20. The number of hydrogen-bond acceptors (Lipinski definition) is 5. The first-order chi connectivity index (χ1) is 12.1. The van der Waals surface area contributed by atoms with Crippen LogP contribution in [0.25, 0.3) is 0 Å². The quantitative estimate of drug-likeness (QED) is 0.733. The minimum atomic E-state index is -0.603. The Morgan fingerprint density at radius 1 is 1.08 bits per heavy atom. The van der Waals surface area contributed by atoms with E-state index < -0.39 is 6.10 Å². The number of ether oxygens (including phenoxy) is 1. The van der Waals surface area contributed by atoms with Crippen LogP contribution in [0, 0.1) is 11.3 Å². The van der Waals surface area contributed by atoms with Crippen LogP contribution in [0.15, 0.2) is 54.6 Å². The average molecular weight is 339 g/mol. The fourth-order valence-electron chi connectivity index (χ4n) is 2.54. The van der Waals surface area contributed by atoms with Gasteiger partial charge in [-0.25, -0.2) is 0 Å². The van der Waals surface area contributed by atoms with Gasteiger partial charge in [-0.3, -0.25) is 0 Å². The number of rotatable bonds is 9. The number of aliphatic hydroxyl groups is 1. The molecule has 0 aliphatic carbocycles. The second-order valence-electron chi connectivity index (χ2n) is 6.15. The van der Waals surface area contributed by atoms with Gasteiger partial charge >= 0.3 is 0 Å². The number of nitriles is 1. The van der Waals surface area contributed by atoms with Gasteiger partial charge in [-0.1, -0.05) is 30.3 Å². The molecule has 0 aliphatic heterocycles. The first kappa shape index (κ1) is 18.9. The van der Waals surface area contributed by atoms with Gasteiger partial charge < -0.3 is 20.1 Å². The summed E-state index contributed by atoms with van der Waals surface area (Å²) in [4.78, 5) is 2.15. The largest absolute Gasteiger partial charge is 0.491 e. The van der Waals surface area contributed by atoms with Gasteiger partial charge in [-0.15, -0.1) is 0 Å². The normalized spacial score (nSPS) is 13.2. The van der Waals surface area contributed by atoms with Crippen LogP contribution in [0.4, 0.5) is 0 Å². The van der Waals surface area contributed by atoms with Crippen molar-refractivity contribution in [3.8, 4) is 11.8 Å². The number of likely N-dealkylation sites (N-methyl/N-ethyl adjacent to an activating group) is 1. The molecule has 5 nitrogen and oxygen atoms in total. The highest BCUT2D eigenvalue weighted by Crippen LogP contribution is 2.16. The van der Waals surface area contributed by atoms with Crippen molar-refractivity contribution in [3.63, 3.8) is 0 Å². The van der Waals surface area contributed by atoms with Crippen LogP contribution in [0.3, 0.4) is 0 Å². The first-order valence-corrected chi connectivity index (χ1v) is 8.33. The number of nitrogens with zero attached hydrogens (tertiary/aromatic N) is 2. The second kappa shape index (κ2) is 9.80. The molecule has 0 saturated carbocycles. The summed E-state index contributed by atoms with van der Waals surface area (Å²) in [5.41, 5.74) is 1.83. The van der Waals surface area contributed by atoms with Crippen molar-refractivity contribution in [2.75, 3.05) is 33.8 Å². The third-order valence-corrected chi connectivity index (χ3v) is 3.95. The Hall–Kier alpha value is -2.39. The van der Waals surface area contributed by atoms with Crippen LogP contribution in [-0.4, -0.2) is 49.9 Å². The molecule has 132 valence electrons. The Kier molecular flexibility index (Phi) is 7.42. The highest BCUT2D eigenvalue weighted by molar-refractivity contribution is 5.34. The Labute approximate surface area is 149 Å². The lowest BCUT2D eigenvalue weighted by Crippen LogP contribution is -2.37. The minimum Gasteiger partial charge on any atom is -0.491 e. The van der Waals surface area contributed by atoms with E-state index in [0.29, 0.717) is 17.9 Å². The average Bonchev–Trinajstić information content (AvgIpc) is 2.64. The summed E-state index contributed by atoms with van der Waals surface area (Å²) in [6.07, 6.45) is -0.603. The number of aliphatic hydroxyl groups excluding tert-OH is 1. The predicted molar refractivity (Wildman–Crippen MR) is 98.4 cm³/mol. The number of hydrogen-bond donors (Lipinski definition) is 2. The Morgan fingerprint density at radius 2 is 1.76 bits per heavy atom. The molecule has 0 unspecified atom stereocenters. The van der Waals surface area contributed by atoms with Gasteiger partial charge in [0.25, 0.3) is 0 Å². The van der Waals surface area contributed by atoms with E-state index in [4.69, 9.17) is 10.00 Å². The van der Waals surface area contributed by atoms with Crippen molar-refractivity contribution in [1.29, 1.82) is 5.26 Å². The van der Waals surface area contributed by atoms with Crippen molar-refractivity contribution in [3.05, 3.63) is 65.7 Å². The fraction of sp³-hybridized carbons (Fsp3) is 0.350. The molecule has 0 fully saturated rings. The van der Waals surface area contributed by atoms with E-state index in [-0.39, 0.29) is 12.6 Å². The topological polar surface area (TPSA) is 68.5 Å². The summed E-state index contributed by atoms with van der Waals surface area (Å²) in [5.74, 6) is 0.647. The van der Waals surface area contributed by atoms with Crippen molar-refractivity contribution in [2.45, 2.75) is 12.1 Å². The maximum Gasteiger partial charge on any atom is 0.119 e. The lowest BCUT2D eigenvalue weighted by atomic mass is 10.1. The van der Waals surface area contributed by atoms with E-state index in [1.54, 1.807) is 24.3 Å². The summed E-state index contributed by atoms with van der Waals surface area (Å²) in [5, 5.41) is 22.2. The maximum atomic E-state index is 10.1. The SMILES string of the molecule is CN(C)[C@H](CNC[C@H](O)COc1ccc(C#N)cc1)c1ccccc1. The van der Waals surface area contributed by atoms with Gasteiger partial charge in [0.1, 0.15) is 18.5 Å². The predicted octanol–water partition coefficient (Wildman–Crippen LogP) is 2.19. The van der Waals surface area contributed by atoms with Crippen LogP contribution < -0.4 is 10.1 Å². The zero-order valence-corrected chi connectivity index (χ0v) is 14.7. The molecule has 25 heavy (non-hydrogen) atoms. The lowest BCUT2D eigenvalue weighted by molar-refractivity contribution is 0.104. The van der Waals surface area contributed by atoms with Crippen LogP contribution in [0.5, 0.6) is 5.75 Å².